The van der Waals surface area contributed by atoms with Gasteiger partial charge in [-0.2, -0.15) is 0 Å². The Balaban J connectivity index is 1.55. The molecule has 3 aromatic rings. The van der Waals surface area contributed by atoms with E-state index in [0.29, 0.717) is 12.0 Å². The molecule has 0 aliphatic heterocycles. The Labute approximate surface area is 187 Å². The molecule has 0 saturated heterocycles. The zero-order valence-electron chi connectivity index (χ0n) is 17.9. The topological polar surface area (TPSA) is 91.4 Å². The van der Waals surface area contributed by atoms with Crippen molar-refractivity contribution in [3.05, 3.63) is 102 Å². The van der Waals surface area contributed by atoms with Gasteiger partial charge in [0.2, 0.25) is 11.8 Å². The van der Waals surface area contributed by atoms with Gasteiger partial charge in [0, 0.05) is 30.9 Å². The molecule has 1 heterocycles. The molecule has 0 fully saturated rings. The smallest absolute Gasteiger partial charge is 0.251 e. The SMILES string of the molecule is CN(CC(=O)NC(Cc1ccccn1)c1ccccc1)C(=O)CNC(=O)c1ccccc1. The minimum atomic E-state index is -0.356. The monoisotopic (exact) mass is 430 g/mol. The van der Waals surface area contributed by atoms with Crippen LogP contribution in [0.15, 0.2) is 85.1 Å². The second-order valence-electron chi connectivity index (χ2n) is 7.35. The normalized spacial score (nSPS) is 11.3. The van der Waals surface area contributed by atoms with E-state index in [1.54, 1.807) is 30.5 Å². The zero-order valence-corrected chi connectivity index (χ0v) is 17.9. The van der Waals surface area contributed by atoms with Gasteiger partial charge in [0.1, 0.15) is 0 Å². The van der Waals surface area contributed by atoms with E-state index in [1.807, 2.05) is 54.6 Å². The second kappa shape index (κ2) is 11.4. The molecule has 3 rings (SSSR count). The molecule has 0 saturated carbocycles. The van der Waals surface area contributed by atoms with Crippen LogP contribution in [0.1, 0.15) is 27.7 Å². The molecule has 2 aromatic carbocycles. The third kappa shape index (κ3) is 6.77. The fourth-order valence-electron chi connectivity index (χ4n) is 3.19. The minimum Gasteiger partial charge on any atom is -0.347 e. The fraction of sp³-hybridized carbons (Fsp3) is 0.200. The van der Waals surface area contributed by atoms with Crippen LogP contribution in [0.25, 0.3) is 0 Å². The number of aromatic nitrogens is 1. The van der Waals surface area contributed by atoms with E-state index < -0.39 is 0 Å². The lowest BCUT2D eigenvalue weighted by Gasteiger charge is -2.22. The van der Waals surface area contributed by atoms with Crippen molar-refractivity contribution in [3.8, 4) is 0 Å². The lowest BCUT2D eigenvalue weighted by molar-refractivity contribution is -0.134. The van der Waals surface area contributed by atoms with E-state index in [9.17, 15) is 14.4 Å². The fourth-order valence-corrected chi connectivity index (χ4v) is 3.19. The maximum atomic E-state index is 12.7. The van der Waals surface area contributed by atoms with Crippen LogP contribution in [0.2, 0.25) is 0 Å². The van der Waals surface area contributed by atoms with Crippen LogP contribution in [0.5, 0.6) is 0 Å². The molecule has 0 aliphatic rings. The predicted octanol–water partition coefficient (Wildman–Crippen LogP) is 2.37. The summed E-state index contributed by atoms with van der Waals surface area (Å²) in [5, 5.41) is 5.58. The van der Waals surface area contributed by atoms with Crippen molar-refractivity contribution in [2.24, 2.45) is 0 Å². The van der Waals surface area contributed by atoms with E-state index in [2.05, 4.69) is 15.6 Å². The second-order valence-corrected chi connectivity index (χ2v) is 7.35. The van der Waals surface area contributed by atoms with Gasteiger partial charge in [-0.05, 0) is 29.8 Å². The highest BCUT2D eigenvalue weighted by Crippen LogP contribution is 2.17. The molecule has 7 heteroatoms. The maximum Gasteiger partial charge on any atom is 0.251 e. The molecule has 1 atom stereocenters. The average Bonchev–Trinajstić information content (AvgIpc) is 2.83. The summed E-state index contributed by atoms with van der Waals surface area (Å²) in [7, 11) is 1.53. The number of nitrogens with zero attached hydrogens (tertiary/aromatic N) is 2. The number of amides is 3. The average molecular weight is 431 g/mol. The first-order valence-corrected chi connectivity index (χ1v) is 10.3. The molecular weight excluding hydrogens is 404 g/mol. The molecular formula is C25H26N4O3. The van der Waals surface area contributed by atoms with Crippen molar-refractivity contribution < 1.29 is 14.4 Å². The van der Waals surface area contributed by atoms with Gasteiger partial charge in [-0.1, -0.05) is 54.6 Å². The van der Waals surface area contributed by atoms with Gasteiger partial charge in [0.15, 0.2) is 0 Å². The van der Waals surface area contributed by atoms with Crippen molar-refractivity contribution in [1.82, 2.24) is 20.5 Å². The molecule has 3 amide bonds. The van der Waals surface area contributed by atoms with Crippen LogP contribution >= 0.6 is 0 Å². The number of nitrogens with one attached hydrogen (secondary N) is 2. The lowest BCUT2D eigenvalue weighted by atomic mass is 10.0. The molecule has 0 spiro atoms. The quantitative estimate of drug-likeness (QED) is 0.545. The van der Waals surface area contributed by atoms with Gasteiger partial charge < -0.3 is 15.5 Å². The highest BCUT2D eigenvalue weighted by atomic mass is 16.2. The minimum absolute atomic E-state index is 0.119. The Kier molecular flexibility index (Phi) is 8.09. The number of carbonyl (C=O) groups is 3. The van der Waals surface area contributed by atoms with E-state index in [1.165, 1.54) is 11.9 Å². The summed E-state index contributed by atoms with van der Waals surface area (Å²) < 4.78 is 0. The number of rotatable bonds is 9. The van der Waals surface area contributed by atoms with Crippen molar-refractivity contribution in [3.63, 3.8) is 0 Å². The summed E-state index contributed by atoms with van der Waals surface area (Å²) in [6.07, 6.45) is 2.25. The Morgan fingerprint density at radius 1 is 0.906 bits per heavy atom. The van der Waals surface area contributed by atoms with Crippen LogP contribution in [0.3, 0.4) is 0 Å². The summed E-state index contributed by atoms with van der Waals surface area (Å²) in [6.45, 7) is -0.306. The molecule has 2 N–H and O–H groups in total. The van der Waals surface area contributed by atoms with E-state index >= 15 is 0 Å². The lowest BCUT2D eigenvalue weighted by Crippen LogP contribution is -2.44. The van der Waals surface area contributed by atoms with Gasteiger partial charge in [0.25, 0.3) is 5.91 Å². The molecule has 164 valence electrons. The van der Waals surface area contributed by atoms with Gasteiger partial charge in [-0.25, -0.2) is 0 Å². The summed E-state index contributed by atoms with van der Waals surface area (Å²) in [5.41, 5.74) is 2.28. The molecule has 1 unspecified atom stereocenters. The molecule has 0 bridgehead atoms. The van der Waals surface area contributed by atoms with Gasteiger partial charge in [0.05, 0.1) is 19.1 Å². The summed E-state index contributed by atoms with van der Waals surface area (Å²) >= 11 is 0. The molecule has 0 aliphatic carbocycles. The molecule has 1 aromatic heterocycles. The number of benzene rings is 2. The highest BCUT2D eigenvalue weighted by molar-refractivity contribution is 5.96. The first-order chi connectivity index (χ1) is 15.5. The zero-order chi connectivity index (χ0) is 22.8. The van der Waals surface area contributed by atoms with Crippen molar-refractivity contribution in [2.45, 2.75) is 12.5 Å². The number of pyridine rings is 1. The van der Waals surface area contributed by atoms with Gasteiger partial charge in [-0.15, -0.1) is 0 Å². The van der Waals surface area contributed by atoms with Gasteiger partial charge in [-0.3, -0.25) is 19.4 Å². The molecule has 0 radical (unpaired) electrons. The van der Waals surface area contributed by atoms with Gasteiger partial charge >= 0.3 is 0 Å². The molecule has 7 nitrogen and oxygen atoms in total. The van der Waals surface area contributed by atoms with E-state index in [-0.39, 0.29) is 36.9 Å². The Morgan fingerprint density at radius 3 is 2.22 bits per heavy atom. The largest absolute Gasteiger partial charge is 0.347 e. The van der Waals surface area contributed by atoms with E-state index in [0.717, 1.165) is 11.3 Å². The van der Waals surface area contributed by atoms with Crippen LogP contribution in [-0.4, -0.2) is 47.7 Å². The first kappa shape index (κ1) is 22.7. The third-order valence-corrected chi connectivity index (χ3v) is 4.92. The Hall–Kier alpha value is -4.00. The van der Waals surface area contributed by atoms with Crippen LogP contribution in [0.4, 0.5) is 0 Å². The Morgan fingerprint density at radius 2 is 1.56 bits per heavy atom. The number of carbonyl (C=O) groups excluding carboxylic acids is 3. The summed E-state index contributed by atoms with van der Waals surface area (Å²) in [5.74, 6) is -0.984. The number of hydrogen-bond acceptors (Lipinski definition) is 4. The first-order valence-electron chi connectivity index (χ1n) is 10.3. The Bertz CT molecular complexity index is 1030. The molecule has 32 heavy (non-hydrogen) atoms. The van der Waals surface area contributed by atoms with Crippen molar-refractivity contribution in [2.75, 3.05) is 20.1 Å². The number of likely N-dealkylation sites (N-methyl/N-ethyl adjacent to an activating group) is 1. The van der Waals surface area contributed by atoms with Crippen LogP contribution in [0, 0.1) is 0 Å². The predicted molar refractivity (Wildman–Crippen MR) is 122 cm³/mol. The van der Waals surface area contributed by atoms with Crippen LogP contribution in [-0.2, 0) is 16.0 Å². The highest BCUT2D eigenvalue weighted by Gasteiger charge is 2.19. The maximum absolute atomic E-state index is 12.7. The van der Waals surface area contributed by atoms with Crippen molar-refractivity contribution in [1.29, 1.82) is 0 Å². The summed E-state index contributed by atoms with van der Waals surface area (Å²) in [4.78, 5) is 42.8. The summed E-state index contributed by atoms with van der Waals surface area (Å²) in [6, 6.07) is 23.7. The third-order valence-electron chi connectivity index (χ3n) is 4.92. The van der Waals surface area contributed by atoms with Crippen molar-refractivity contribution >= 4 is 17.7 Å². The standard InChI is InChI=1S/C25H26N4O3/c1-29(24(31)17-27-25(32)20-12-6-3-7-13-20)18-23(30)28-22(19-10-4-2-5-11-19)16-21-14-8-9-15-26-21/h2-15,22H,16-18H2,1H3,(H,27,32)(H,28,30). The van der Waals surface area contributed by atoms with Crippen LogP contribution < -0.4 is 10.6 Å². The number of hydrogen-bond donors (Lipinski definition) is 2. The van der Waals surface area contributed by atoms with E-state index in [4.69, 9.17) is 0 Å².